The number of nitriles is 2. The van der Waals surface area contributed by atoms with Crippen molar-refractivity contribution in [1.82, 2.24) is 9.97 Å². The van der Waals surface area contributed by atoms with Gasteiger partial charge >= 0.3 is 5.56 Å². The SMILES string of the molecule is N#Cc1ccc(-c2nc3c(=O)c(=O)nc-3c2-c2ccc(C#N)cc2)cc1. The number of nitrogens with zero attached hydrogens (tertiary/aromatic N) is 4. The highest BCUT2D eigenvalue weighted by molar-refractivity contribution is 5.93. The summed E-state index contributed by atoms with van der Waals surface area (Å²) in [5, 5.41) is 17.9. The van der Waals surface area contributed by atoms with Crippen molar-refractivity contribution in [3.63, 3.8) is 0 Å². The van der Waals surface area contributed by atoms with E-state index in [1.807, 2.05) is 12.1 Å². The molecule has 2 aliphatic rings. The van der Waals surface area contributed by atoms with Gasteiger partial charge in [0, 0.05) is 11.1 Å². The zero-order valence-corrected chi connectivity index (χ0v) is 13.2. The van der Waals surface area contributed by atoms with Crippen molar-refractivity contribution >= 4 is 0 Å². The lowest BCUT2D eigenvalue weighted by atomic mass is 9.98. The molecule has 0 atom stereocenters. The lowest BCUT2D eigenvalue weighted by molar-refractivity contribution is 1.30. The van der Waals surface area contributed by atoms with E-state index >= 15 is 0 Å². The van der Waals surface area contributed by atoms with Crippen LogP contribution in [0, 0.1) is 22.7 Å². The van der Waals surface area contributed by atoms with Crippen molar-refractivity contribution < 1.29 is 0 Å². The van der Waals surface area contributed by atoms with Crippen LogP contribution in [-0.2, 0) is 0 Å². The van der Waals surface area contributed by atoms with Crippen LogP contribution >= 0.6 is 0 Å². The molecular weight excluding hydrogens is 328 g/mol. The molecule has 0 saturated heterocycles. The van der Waals surface area contributed by atoms with Gasteiger partial charge in [-0.25, -0.2) is 9.97 Å². The Hall–Kier alpha value is -4.16. The third-order valence-corrected chi connectivity index (χ3v) is 4.13. The first-order chi connectivity index (χ1) is 12.6. The van der Waals surface area contributed by atoms with E-state index in [1.54, 1.807) is 48.5 Å². The van der Waals surface area contributed by atoms with Gasteiger partial charge in [-0.2, -0.15) is 10.5 Å². The fourth-order valence-corrected chi connectivity index (χ4v) is 2.87. The first-order valence-corrected chi connectivity index (χ1v) is 7.64. The lowest BCUT2D eigenvalue weighted by Crippen LogP contribution is -2.19. The zero-order valence-electron chi connectivity index (χ0n) is 13.2. The Morgan fingerprint density at radius 2 is 1.19 bits per heavy atom. The molecule has 2 aromatic carbocycles. The highest BCUT2D eigenvalue weighted by Crippen LogP contribution is 2.39. The predicted octanol–water partition coefficient (Wildman–Crippen LogP) is 2.25. The molecule has 0 radical (unpaired) electrons. The summed E-state index contributed by atoms with van der Waals surface area (Å²) < 4.78 is 0. The number of fused-ring (bicyclic) bond motifs is 1. The van der Waals surface area contributed by atoms with Gasteiger partial charge in [-0.1, -0.05) is 24.3 Å². The van der Waals surface area contributed by atoms with Crippen molar-refractivity contribution in [2.24, 2.45) is 0 Å². The first kappa shape index (κ1) is 15.4. The number of hydrogen-bond acceptors (Lipinski definition) is 6. The summed E-state index contributed by atoms with van der Waals surface area (Å²) in [5.41, 5.74) is 2.20. The van der Waals surface area contributed by atoms with Crippen molar-refractivity contribution in [2.45, 2.75) is 0 Å². The molecule has 0 aromatic heterocycles. The third-order valence-electron chi connectivity index (χ3n) is 4.13. The maximum absolute atomic E-state index is 12.0. The summed E-state index contributed by atoms with van der Waals surface area (Å²) in [6.45, 7) is 0. The fraction of sp³-hybridized carbons (Fsp3) is 0. The molecule has 0 bridgehead atoms. The van der Waals surface area contributed by atoms with Crippen molar-refractivity contribution in [3.8, 4) is 45.9 Å². The van der Waals surface area contributed by atoms with E-state index in [9.17, 15) is 9.59 Å². The summed E-state index contributed by atoms with van der Waals surface area (Å²) in [6, 6.07) is 17.6. The third kappa shape index (κ3) is 2.26. The average molecular weight is 336 g/mol. The lowest BCUT2D eigenvalue weighted by Gasteiger charge is -2.05. The standard InChI is InChI=1S/C20H8N4O2/c21-9-11-1-5-13(6-2-11)15-16(14-7-3-12(10-22)4-8-14)23-18-17(15)24-20(26)19(18)25/h1-8H. The van der Waals surface area contributed by atoms with Crippen molar-refractivity contribution in [3.05, 3.63) is 80.2 Å². The molecule has 0 spiro atoms. The maximum atomic E-state index is 12.0. The molecule has 0 fully saturated rings. The van der Waals surface area contributed by atoms with Gasteiger partial charge in [0.05, 0.1) is 29.0 Å². The van der Waals surface area contributed by atoms with Gasteiger partial charge in [-0.05, 0) is 29.8 Å². The molecule has 2 heterocycles. The van der Waals surface area contributed by atoms with Crippen molar-refractivity contribution in [2.75, 3.05) is 0 Å². The van der Waals surface area contributed by atoms with E-state index < -0.39 is 11.0 Å². The first-order valence-electron chi connectivity index (χ1n) is 7.64. The van der Waals surface area contributed by atoms with Crippen LogP contribution in [0.5, 0.6) is 0 Å². The van der Waals surface area contributed by atoms with E-state index in [2.05, 4.69) is 9.97 Å². The normalized spacial score (nSPS) is 10.5. The number of aromatic nitrogens is 2. The van der Waals surface area contributed by atoms with Crippen molar-refractivity contribution in [1.29, 1.82) is 10.5 Å². The molecule has 4 rings (SSSR count). The Balaban J connectivity index is 2.00. The summed E-state index contributed by atoms with van der Waals surface area (Å²) in [7, 11) is 0. The van der Waals surface area contributed by atoms with Gasteiger partial charge in [-0.15, -0.1) is 0 Å². The fourth-order valence-electron chi connectivity index (χ4n) is 2.87. The summed E-state index contributed by atoms with van der Waals surface area (Å²) in [4.78, 5) is 31.9. The van der Waals surface area contributed by atoms with Gasteiger partial charge in [-0.3, -0.25) is 9.59 Å². The van der Waals surface area contributed by atoms with E-state index in [4.69, 9.17) is 10.5 Å². The second-order valence-electron chi connectivity index (χ2n) is 5.66. The highest BCUT2D eigenvalue weighted by atomic mass is 16.2. The van der Waals surface area contributed by atoms with Gasteiger partial charge in [0.1, 0.15) is 11.4 Å². The van der Waals surface area contributed by atoms with Gasteiger partial charge in [0.15, 0.2) is 0 Å². The molecule has 6 heteroatoms. The second-order valence-corrected chi connectivity index (χ2v) is 5.66. The van der Waals surface area contributed by atoms with E-state index in [-0.39, 0.29) is 11.4 Å². The van der Waals surface area contributed by atoms with E-state index in [0.717, 1.165) is 0 Å². The molecule has 2 aliphatic heterocycles. The molecule has 26 heavy (non-hydrogen) atoms. The second kappa shape index (κ2) is 5.73. The topological polar surface area (TPSA) is 108 Å². The minimum atomic E-state index is -0.830. The summed E-state index contributed by atoms with van der Waals surface area (Å²) >= 11 is 0. The highest BCUT2D eigenvalue weighted by Gasteiger charge is 2.27. The van der Waals surface area contributed by atoms with E-state index in [1.165, 1.54) is 0 Å². The number of rotatable bonds is 2. The monoisotopic (exact) mass is 336 g/mol. The molecule has 0 unspecified atom stereocenters. The quantitative estimate of drug-likeness (QED) is 0.520. The average Bonchev–Trinajstić information content (AvgIpc) is 3.18. The van der Waals surface area contributed by atoms with Crippen LogP contribution < -0.4 is 11.0 Å². The van der Waals surface area contributed by atoms with Crippen LogP contribution in [0.4, 0.5) is 0 Å². The Labute approximate surface area is 147 Å². The Bertz CT molecular complexity index is 1270. The zero-order chi connectivity index (χ0) is 18.3. The Morgan fingerprint density at radius 3 is 1.73 bits per heavy atom. The Morgan fingerprint density at radius 1 is 0.654 bits per heavy atom. The molecule has 0 aliphatic carbocycles. The van der Waals surface area contributed by atoms with Gasteiger partial charge < -0.3 is 0 Å². The number of hydrogen-bond donors (Lipinski definition) is 0. The molecule has 0 amide bonds. The van der Waals surface area contributed by atoms with Gasteiger partial charge in [0.2, 0.25) is 0 Å². The minimum Gasteiger partial charge on any atom is -0.281 e. The predicted molar refractivity (Wildman–Crippen MR) is 93.9 cm³/mol. The smallest absolute Gasteiger partial charge is 0.281 e. The summed E-state index contributed by atoms with van der Waals surface area (Å²) in [6.07, 6.45) is 0. The van der Waals surface area contributed by atoms with Crippen LogP contribution in [0.3, 0.4) is 0 Å². The van der Waals surface area contributed by atoms with Gasteiger partial charge in [0.25, 0.3) is 5.43 Å². The largest absolute Gasteiger partial charge is 0.320 e. The van der Waals surface area contributed by atoms with Crippen LogP contribution in [0.25, 0.3) is 33.8 Å². The van der Waals surface area contributed by atoms with Crippen LogP contribution in [0.1, 0.15) is 11.1 Å². The molecule has 0 saturated carbocycles. The molecule has 0 N–H and O–H groups in total. The molecular formula is C20H8N4O2. The molecule has 120 valence electrons. The minimum absolute atomic E-state index is 0.0359. The molecule has 2 aromatic rings. The number of benzene rings is 2. The molecule has 6 nitrogen and oxygen atoms in total. The summed E-state index contributed by atoms with van der Waals surface area (Å²) in [5.74, 6) is 0. The van der Waals surface area contributed by atoms with Crippen LogP contribution in [0.15, 0.2) is 58.1 Å². The maximum Gasteiger partial charge on any atom is 0.320 e. The van der Waals surface area contributed by atoms with E-state index in [0.29, 0.717) is 33.5 Å². The Kier molecular flexibility index (Phi) is 3.39. The van der Waals surface area contributed by atoms with Crippen LogP contribution in [0.2, 0.25) is 0 Å². The van der Waals surface area contributed by atoms with Crippen LogP contribution in [-0.4, -0.2) is 9.97 Å².